The molecule has 0 heterocycles. The van der Waals surface area contributed by atoms with Crippen LogP contribution in [0, 0.1) is 0 Å². The van der Waals surface area contributed by atoms with Crippen LogP contribution in [-0.2, 0) is 10.3 Å². The van der Waals surface area contributed by atoms with Crippen LogP contribution in [0.3, 0.4) is 0 Å². The maximum absolute atomic E-state index is 11.8. The highest BCUT2D eigenvalue weighted by atomic mass is 35.5. The van der Waals surface area contributed by atoms with E-state index in [4.69, 9.17) is 51.1 Å². The van der Waals surface area contributed by atoms with E-state index >= 15 is 0 Å². The molecule has 0 saturated carbocycles. The van der Waals surface area contributed by atoms with Gasteiger partial charge in [-0.05, 0) is 56.0 Å². The minimum absolute atomic E-state index is 0.0247. The van der Waals surface area contributed by atoms with E-state index in [1.165, 1.54) is 56.0 Å². The molecule has 0 aromatic heterocycles. The van der Waals surface area contributed by atoms with Crippen LogP contribution in [0.4, 0.5) is 4.79 Å². The van der Waals surface area contributed by atoms with Crippen LogP contribution in [0.25, 0.3) is 0 Å². The molecule has 12 heteroatoms. The van der Waals surface area contributed by atoms with E-state index in [0.717, 1.165) is 0 Å². The Hall–Kier alpha value is -1.42. The Labute approximate surface area is 202 Å². The molecule has 172 valence electrons. The van der Waals surface area contributed by atoms with Crippen LogP contribution in [0.15, 0.2) is 36.4 Å². The standard InChI is InChI=1S/C13H7Cl4NO5S.C6H15N/c14-7-1-3-11(9(16)5-7)22-13(19)18-24(20,21)23-12-4-2-8(15)6-10(12)17;1-4-7(5-2)6-3/h1-6H,(H,18,19);4-6H2,1-3H3. The molecule has 1 N–H and O–H groups in total. The van der Waals surface area contributed by atoms with Crippen molar-refractivity contribution in [3.63, 3.8) is 0 Å². The van der Waals surface area contributed by atoms with Gasteiger partial charge in [0.05, 0.1) is 10.0 Å². The molecule has 31 heavy (non-hydrogen) atoms. The van der Waals surface area contributed by atoms with Gasteiger partial charge in [0.25, 0.3) is 0 Å². The predicted molar refractivity (Wildman–Crippen MR) is 125 cm³/mol. The van der Waals surface area contributed by atoms with E-state index in [2.05, 4.69) is 29.9 Å². The van der Waals surface area contributed by atoms with Crippen molar-refractivity contribution in [2.75, 3.05) is 19.6 Å². The van der Waals surface area contributed by atoms with Gasteiger partial charge in [-0.1, -0.05) is 67.2 Å². The zero-order valence-electron chi connectivity index (χ0n) is 17.0. The van der Waals surface area contributed by atoms with Gasteiger partial charge in [-0.25, -0.2) is 4.79 Å². The molecule has 1 amide bonds. The van der Waals surface area contributed by atoms with E-state index in [0.29, 0.717) is 5.02 Å². The van der Waals surface area contributed by atoms with Gasteiger partial charge in [-0.3, -0.25) is 0 Å². The Balaban J connectivity index is 0.000000592. The summed E-state index contributed by atoms with van der Waals surface area (Å²) in [6, 6.07) is 7.90. The fraction of sp³-hybridized carbons (Fsp3) is 0.316. The lowest BCUT2D eigenvalue weighted by molar-refractivity contribution is 0.206. The van der Waals surface area contributed by atoms with E-state index < -0.39 is 16.4 Å². The first-order valence-corrected chi connectivity index (χ1v) is 12.0. The van der Waals surface area contributed by atoms with Crippen molar-refractivity contribution in [3.8, 4) is 11.5 Å². The largest absolute Gasteiger partial charge is 0.429 e. The molecule has 0 radical (unpaired) electrons. The molecular weight excluding hydrogens is 510 g/mol. The third-order valence-electron chi connectivity index (χ3n) is 3.74. The first-order chi connectivity index (χ1) is 14.5. The molecule has 0 aliphatic carbocycles. The lowest BCUT2D eigenvalue weighted by Crippen LogP contribution is -2.36. The second kappa shape index (κ2) is 13.2. The molecule has 0 saturated heterocycles. The first kappa shape index (κ1) is 27.6. The fourth-order valence-electron chi connectivity index (χ4n) is 2.13. The highest BCUT2D eigenvalue weighted by Gasteiger charge is 2.20. The van der Waals surface area contributed by atoms with Crippen molar-refractivity contribution in [2.45, 2.75) is 20.8 Å². The van der Waals surface area contributed by atoms with Crippen LogP contribution in [0.2, 0.25) is 20.1 Å². The quantitative estimate of drug-likeness (QED) is 0.467. The number of ether oxygens (including phenoxy) is 1. The molecule has 0 bridgehead atoms. The van der Waals surface area contributed by atoms with E-state index in [-0.39, 0.29) is 26.6 Å². The number of benzene rings is 2. The second-order valence-corrected chi connectivity index (χ2v) is 8.76. The van der Waals surface area contributed by atoms with E-state index in [1.54, 1.807) is 4.72 Å². The Kier molecular flexibility index (Phi) is 11.8. The number of halogens is 4. The molecule has 0 aliphatic heterocycles. The highest BCUT2D eigenvalue weighted by Crippen LogP contribution is 2.29. The number of hydrogen-bond donors (Lipinski definition) is 1. The monoisotopic (exact) mass is 530 g/mol. The topological polar surface area (TPSA) is 84.9 Å². The molecule has 2 rings (SSSR count). The van der Waals surface area contributed by atoms with Crippen LogP contribution in [0.5, 0.6) is 11.5 Å². The fourth-order valence-corrected chi connectivity index (χ4v) is 3.74. The smallest absolute Gasteiger partial charge is 0.408 e. The summed E-state index contributed by atoms with van der Waals surface area (Å²) in [6.45, 7) is 10.1. The SMILES string of the molecule is CCN(CC)CC.O=C(NS(=O)(=O)Oc1ccc(Cl)cc1Cl)Oc1ccc(Cl)cc1Cl. The summed E-state index contributed by atoms with van der Waals surface area (Å²) >= 11 is 23.0. The highest BCUT2D eigenvalue weighted by molar-refractivity contribution is 7.85. The molecule has 0 spiro atoms. The lowest BCUT2D eigenvalue weighted by Gasteiger charge is -2.13. The summed E-state index contributed by atoms with van der Waals surface area (Å²) < 4.78 is 34.6. The Morgan fingerprint density at radius 2 is 1.32 bits per heavy atom. The maximum atomic E-state index is 11.8. The third kappa shape index (κ3) is 10.2. The summed E-state index contributed by atoms with van der Waals surface area (Å²) in [7, 11) is -4.53. The predicted octanol–water partition coefficient (Wildman–Crippen LogP) is 6.06. The van der Waals surface area contributed by atoms with E-state index in [9.17, 15) is 13.2 Å². The van der Waals surface area contributed by atoms with Gasteiger partial charge in [-0.15, -0.1) is 0 Å². The first-order valence-electron chi connectivity index (χ1n) is 9.07. The summed E-state index contributed by atoms with van der Waals surface area (Å²) in [4.78, 5) is 14.0. The van der Waals surface area contributed by atoms with E-state index in [1.807, 2.05) is 0 Å². The number of carbonyl (C=O) groups is 1. The number of carbonyl (C=O) groups excluding carboxylic acids is 1. The normalized spacial score (nSPS) is 10.8. The van der Waals surface area contributed by atoms with Gasteiger partial charge in [0, 0.05) is 10.0 Å². The van der Waals surface area contributed by atoms with Gasteiger partial charge in [0.2, 0.25) is 0 Å². The third-order valence-corrected chi connectivity index (χ3v) is 5.62. The van der Waals surface area contributed by atoms with Crippen molar-refractivity contribution < 1.29 is 22.1 Å². The number of rotatable bonds is 7. The molecule has 2 aromatic carbocycles. The van der Waals surface area contributed by atoms with Crippen LogP contribution in [-0.4, -0.2) is 39.0 Å². The van der Waals surface area contributed by atoms with Crippen molar-refractivity contribution in [3.05, 3.63) is 56.5 Å². The number of amides is 1. The second-order valence-electron chi connectivity index (χ2n) is 5.80. The van der Waals surface area contributed by atoms with Crippen molar-refractivity contribution in [1.29, 1.82) is 0 Å². The average molecular weight is 532 g/mol. The number of hydrogen-bond acceptors (Lipinski definition) is 6. The Morgan fingerprint density at radius 3 is 1.71 bits per heavy atom. The molecule has 0 atom stereocenters. The van der Waals surface area contributed by atoms with Gasteiger partial charge >= 0.3 is 16.4 Å². The molecule has 0 aliphatic rings. The van der Waals surface area contributed by atoms with Gasteiger partial charge < -0.3 is 13.8 Å². The minimum atomic E-state index is -4.53. The number of nitrogens with zero attached hydrogens (tertiary/aromatic N) is 1. The van der Waals surface area contributed by atoms with Crippen LogP contribution in [0.1, 0.15) is 20.8 Å². The molecular formula is C19H22Cl4N2O5S. The summed E-state index contributed by atoms with van der Waals surface area (Å²) in [6.07, 6.45) is -1.33. The Bertz CT molecular complexity index is 980. The van der Waals surface area contributed by atoms with Crippen molar-refractivity contribution in [1.82, 2.24) is 9.62 Å². The zero-order chi connectivity index (χ0) is 23.6. The molecule has 2 aromatic rings. The van der Waals surface area contributed by atoms with Crippen LogP contribution < -0.4 is 13.6 Å². The average Bonchev–Trinajstić information content (AvgIpc) is 2.68. The van der Waals surface area contributed by atoms with Crippen molar-refractivity contribution in [2.24, 2.45) is 0 Å². The molecule has 0 unspecified atom stereocenters. The maximum Gasteiger partial charge on any atom is 0.429 e. The van der Waals surface area contributed by atoms with Crippen LogP contribution >= 0.6 is 46.4 Å². The minimum Gasteiger partial charge on any atom is -0.408 e. The van der Waals surface area contributed by atoms with Crippen molar-refractivity contribution >= 4 is 62.8 Å². The van der Waals surface area contributed by atoms with Gasteiger partial charge in [0.15, 0.2) is 11.5 Å². The number of nitrogens with one attached hydrogen (secondary N) is 1. The molecule has 0 fully saturated rings. The zero-order valence-corrected chi connectivity index (χ0v) is 20.8. The lowest BCUT2D eigenvalue weighted by atomic mass is 10.3. The van der Waals surface area contributed by atoms with Gasteiger partial charge in [0.1, 0.15) is 0 Å². The summed E-state index contributed by atoms with van der Waals surface area (Å²) in [5, 5.41) is 0.578. The summed E-state index contributed by atoms with van der Waals surface area (Å²) in [5.41, 5.74) is 0. The molecule has 7 nitrogen and oxygen atoms in total. The summed E-state index contributed by atoms with van der Waals surface area (Å²) in [5.74, 6) is -0.302. The van der Waals surface area contributed by atoms with Gasteiger partial charge in [-0.2, -0.15) is 13.1 Å². The Morgan fingerprint density at radius 1 is 0.871 bits per heavy atom.